The summed E-state index contributed by atoms with van der Waals surface area (Å²) in [5, 5.41) is 1.73. The second-order valence-electron chi connectivity index (χ2n) is 2.57. The normalized spacial score (nSPS) is 15.2. The Balaban J connectivity index is 1.99. The summed E-state index contributed by atoms with van der Waals surface area (Å²) >= 11 is 0. The van der Waals surface area contributed by atoms with Gasteiger partial charge in [0.25, 0.3) is 0 Å². The minimum Gasteiger partial charge on any atom is -0.379 e. The summed E-state index contributed by atoms with van der Waals surface area (Å²) in [5.74, 6) is 0.853. The summed E-state index contributed by atoms with van der Waals surface area (Å²) < 4.78 is 0. The first-order chi connectivity index (χ1) is 5.95. The molecule has 0 aliphatic carbocycles. The smallest absolute Gasteiger partial charge is 0.155 e. The molecule has 0 unspecified atom stereocenters. The molecule has 2 rings (SSSR count). The number of nitrogens with zero attached hydrogens (tertiary/aromatic N) is 2. The van der Waals surface area contributed by atoms with E-state index < -0.39 is 0 Å². The van der Waals surface area contributed by atoms with Crippen LogP contribution >= 0.6 is 0 Å². The Morgan fingerprint density at radius 2 is 2.08 bits per heavy atom. The molecule has 0 fully saturated rings. The van der Waals surface area contributed by atoms with E-state index in [1.807, 2.05) is 30.3 Å². The van der Waals surface area contributed by atoms with Gasteiger partial charge in [-0.25, -0.2) is 0 Å². The maximum absolute atomic E-state index is 5.46. The van der Waals surface area contributed by atoms with Crippen molar-refractivity contribution < 1.29 is 4.84 Å². The largest absolute Gasteiger partial charge is 0.379 e. The van der Waals surface area contributed by atoms with Crippen LogP contribution in [0, 0.1) is 0 Å². The lowest BCUT2D eigenvalue weighted by molar-refractivity contribution is 0.0369. The van der Waals surface area contributed by atoms with Crippen molar-refractivity contribution in [2.45, 2.75) is 0 Å². The summed E-state index contributed by atoms with van der Waals surface area (Å²) in [5.41, 5.74) is 0. The van der Waals surface area contributed by atoms with Crippen molar-refractivity contribution in [3.05, 3.63) is 30.3 Å². The van der Waals surface area contributed by atoms with E-state index in [0.717, 1.165) is 18.8 Å². The zero-order chi connectivity index (χ0) is 8.23. The van der Waals surface area contributed by atoms with Gasteiger partial charge in [0.15, 0.2) is 5.75 Å². The topological polar surface area (TPSA) is 24.8 Å². The van der Waals surface area contributed by atoms with E-state index in [1.165, 1.54) is 0 Å². The molecule has 0 atom stereocenters. The van der Waals surface area contributed by atoms with Crippen LogP contribution in [0.3, 0.4) is 0 Å². The Morgan fingerprint density at radius 3 is 2.75 bits per heavy atom. The molecule has 0 amide bonds. The van der Waals surface area contributed by atoms with E-state index in [4.69, 9.17) is 4.84 Å². The molecule has 1 aromatic carbocycles. The minimum absolute atomic E-state index is 0.826. The van der Waals surface area contributed by atoms with Gasteiger partial charge in [-0.3, -0.25) is 4.99 Å². The standard InChI is InChI=1S/C9H10N2O/c1-2-4-9(5-3-1)12-11-7-6-10-8-11/h1-5,8H,6-7H2. The van der Waals surface area contributed by atoms with Crippen molar-refractivity contribution in [1.29, 1.82) is 0 Å². The van der Waals surface area contributed by atoms with Crippen LogP contribution in [0.15, 0.2) is 35.3 Å². The van der Waals surface area contributed by atoms with Crippen molar-refractivity contribution in [3.63, 3.8) is 0 Å². The van der Waals surface area contributed by atoms with Crippen LogP contribution < -0.4 is 4.84 Å². The Hall–Kier alpha value is -1.51. The van der Waals surface area contributed by atoms with E-state index in [0.29, 0.717) is 0 Å². The molecule has 3 heteroatoms. The predicted molar refractivity (Wildman–Crippen MR) is 47.1 cm³/mol. The van der Waals surface area contributed by atoms with E-state index in [-0.39, 0.29) is 0 Å². The third kappa shape index (κ3) is 1.56. The molecule has 12 heavy (non-hydrogen) atoms. The van der Waals surface area contributed by atoms with Gasteiger partial charge in [-0.2, -0.15) is 5.06 Å². The summed E-state index contributed by atoms with van der Waals surface area (Å²) in [6.45, 7) is 1.67. The Bertz CT molecular complexity index is 271. The van der Waals surface area contributed by atoms with Gasteiger partial charge >= 0.3 is 0 Å². The quantitative estimate of drug-likeness (QED) is 0.655. The van der Waals surface area contributed by atoms with Crippen LogP contribution in [0.2, 0.25) is 0 Å². The number of hydrogen-bond donors (Lipinski definition) is 0. The van der Waals surface area contributed by atoms with Gasteiger partial charge in [-0.05, 0) is 12.1 Å². The third-order valence-corrected chi connectivity index (χ3v) is 1.63. The monoisotopic (exact) mass is 162 g/mol. The number of benzene rings is 1. The number of hydroxylamine groups is 2. The lowest BCUT2D eigenvalue weighted by Crippen LogP contribution is -2.23. The Morgan fingerprint density at radius 1 is 1.25 bits per heavy atom. The molecule has 0 N–H and O–H groups in total. The average molecular weight is 162 g/mol. The molecule has 0 aromatic heterocycles. The molecule has 62 valence electrons. The fraction of sp³-hybridized carbons (Fsp3) is 0.222. The first-order valence-corrected chi connectivity index (χ1v) is 3.95. The first kappa shape index (κ1) is 7.16. The summed E-state index contributed by atoms with van der Waals surface area (Å²) in [7, 11) is 0. The van der Waals surface area contributed by atoms with Crippen molar-refractivity contribution >= 4 is 6.34 Å². The molecule has 0 bridgehead atoms. The maximum atomic E-state index is 5.46. The van der Waals surface area contributed by atoms with Crippen LogP contribution in [-0.4, -0.2) is 24.5 Å². The number of para-hydroxylation sites is 1. The summed E-state index contributed by atoms with van der Waals surface area (Å²) in [6.07, 6.45) is 1.72. The second kappa shape index (κ2) is 3.26. The van der Waals surface area contributed by atoms with E-state index in [1.54, 1.807) is 11.4 Å². The van der Waals surface area contributed by atoms with Gasteiger partial charge < -0.3 is 4.84 Å². The SMILES string of the molecule is C1=NCCN1Oc1ccccc1. The van der Waals surface area contributed by atoms with Crippen molar-refractivity contribution in [2.24, 2.45) is 4.99 Å². The highest BCUT2D eigenvalue weighted by Crippen LogP contribution is 2.10. The Labute approximate surface area is 71.2 Å². The zero-order valence-corrected chi connectivity index (χ0v) is 6.68. The summed E-state index contributed by atoms with van der Waals surface area (Å²) in [6, 6.07) is 9.70. The molecule has 1 heterocycles. The molecule has 1 aliphatic heterocycles. The number of rotatable bonds is 2. The number of aliphatic imine (C=N–C) groups is 1. The van der Waals surface area contributed by atoms with Crippen LogP contribution in [0.25, 0.3) is 0 Å². The maximum Gasteiger partial charge on any atom is 0.155 e. The molecule has 0 radical (unpaired) electrons. The van der Waals surface area contributed by atoms with Gasteiger partial charge in [-0.15, -0.1) is 0 Å². The summed E-state index contributed by atoms with van der Waals surface area (Å²) in [4.78, 5) is 9.50. The highest BCUT2D eigenvalue weighted by atomic mass is 16.7. The number of hydrogen-bond acceptors (Lipinski definition) is 3. The predicted octanol–water partition coefficient (Wildman–Crippen LogP) is 1.32. The fourth-order valence-corrected chi connectivity index (χ4v) is 1.05. The highest BCUT2D eigenvalue weighted by Gasteiger charge is 2.05. The average Bonchev–Trinajstić information content (AvgIpc) is 2.59. The van der Waals surface area contributed by atoms with Crippen molar-refractivity contribution in [1.82, 2.24) is 5.06 Å². The fourth-order valence-electron chi connectivity index (χ4n) is 1.05. The molecule has 0 spiro atoms. The minimum atomic E-state index is 0.826. The second-order valence-corrected chi connectivity index (χ2v) is 2.57. The molecule has 1 aromatic rings. The van der Waals surface area contributed by atoms with E-state index in [2.05, 4.69) is 4.99 Å². The van der Waals surface area contributed by atoms with Gasteiger partial charge in [0.1, 0.15) is 6.34 Å². The lowest BCUT2D eigenvalue weighted by Gasteiger charge is -2.13. The van der Waals surface area contributed by atoms with E-state index >= 15 is 0 Å². The molecular weight excluding hydrogens is 152 g/mol. The zero-order valence-electron chi connectivity index (χ0n) is 6.68. The van der Waals surface area contributed by atoms with Crippen LogP contribution in [0.4, 0.5) is 0 Å². The molecule has 3 nitrogen and oxygen atoms in total. The lowest BCUT2D eigenvalue weighted by atomic mass is 10.3. The van der Waals surface area contributed by atoms with Gasteiger partial charge in [0.05, 0.1) is 13.1 Å². The molecule has 1 aliphatic rings. The molecular formula is C9H10N2O. The van der Waals surface area contributed by atoms with Crippen LogP contribution in [0.5, 0.6) is 5.75 Å². The Kier molecular flexibility index (Phi) is 1.94. The van der Waals surface area contributed by atoms with Gasteiger partial charge in [0, 0.05) is 0 Å². The van der Waals surface area contributed by atoms with Gasteiger partial charge in [-0.1, -0.05) is 18.2 Å². The van der Waals surface area contributed by atoms with E-state index in [9.17, 15) is 0 Å². The van der Waals surface area contributed by atoms with Crippen LogP contribution in [-0.2, 0) is 0 Å². The third-order valence-electron chi connectivity index (χ3n) is 1.63. The van der Waals surface area contributed by atoms with Crippen LogP contribution in [0.1, 0.15) is 0 Å². The van der Waals surface area contributed by atoms with Crippen molar-refractivity contribution in [3.8, 4) is 5.75 Å². The first-order valence-electron chi connectivity index (χ1n) is 3.95. The highest BCUT2D eigenvalue weighted by molar-refractivity contribution is 5.55. The molecule has 0 saturated heterocycles. The molecule has 0 saturated carbocycles. The van der Waals surface area contributed by atoms with Crippen molar-refractivity contribution in [2.75, 3.05) is 13.1 Å². The van der Waals surface area contributed by atoms with Gasteiger partial charge in [0.2, 0.25) is 0 Å².